The first-order valence-corrected chi connectivity index (χ1v) is 16.7. The summed E-state index contributed by atoms with van der Waals surface area (Å²) < 4.78 is 33.6. The standard InChI is InChI=1S/C24H42Cl6O5S/c1-2-3-4-5-9-13-16-20(27)22(29)24(31)23(30)21(28)19(26)15-12-10-7-6-8-11-14-18(25)17-35-36(32,33)34/h17,19-24,31H,2-16H2,1H3,(H,32,33,34)/b18-17+/t19-,20+,21+,22-,23-,24-/m1/s1. The lowest BCUT2D eigenvalue weighted by atomic mass is 9.99. The van der Waals surface area contributed by atoms with Crippen LogP contribution >= 0.6 is 69.6 Å². The minimum Gasteiger partial charge on any atom is -0.390 e. The van der Waals surface area contributed by atoms with Gasteiger partial charge in [-0.3, -0.25) is 4.55 Å². The SMILES string of the molecule is CCCCCCCC[C@H](Cl)[C@@H](Cl)[C@@H](O)[C@H](Cl)[C@@H](Cl)[C@H](Cl)CCCCCCCC/C(Cl)=C\OS(=O)(=O)O. The van der Waals surface area contributed by atoms with Gasteiger partial charge in [0.2, 0.25) is 0 Å². The summed E-state index contributed by atoms with van der Waals surface area (Å²) in [5.41, 5.74) is 0. The average Bonchev–Trinajstić information content (AvgIpc) is 2.83. The third-order valence-corrected chi connectivity index (χ3v) is 9.58. The Hall–Kier alpha value is 1.15. The van der Waals surface area contributed by atoms with Crippen LogP contribution in [0.4, 0.5) is 0 Å². The van der Waals surface area contributed by atoms with Gasteiger partial charge in [-0.25, -0.2) is 0 Å². The van der Waals surface area contributed by atoms with Crippen LogP contribution in [0.3, 0.4) is 0 Å². The van der Waals surface area contributed by atoms with E-state index in [2.05, 4.69) is 11.1 Å². The first-order valence-electron chi connectivity index (χ1n) is 12.8. The zero-order chi connectivity index (χ0) is 27.6. The molecule has 0 aliphatic heterocycles. The lowest BCUT2D eigenvalue weighted by Gasteiger charge is -2.29. The fourth-order valence-corrected chi connectivity index (χ4v) is 5.85. The Morgan fingerprint density at radius 3 is 1.69 bits per heavy atom. The van der Waals surface area contributed by atoms with Crippen molar-refractivity contribution in [1.29, 1.82) is 0 Å². The molecule has 0 aliphatic carbocycles. The topological polar surface area (TPSA) is 83.8 Å². The fourth-order valence-electron chi connectivity index (χ4n) is 3.73. The van der Waals surface area contributed by atoms with E-state index in [-0.39, 0.29) is 10.4 Å². The van der Waals surface area contributed by atoms with E-state index >= 15 is 0 Å². The Labute approximate surface area is 248 Å². The molecule has 0 saturated heterocycles. The van der Waals surface area contributed by atoms with Crippen LogP contribution in [0.25, 0.3) is 0 Å². The molecule has 0 heterocycles. The molecule has 12 heteroatoms. The summed E-state index contributed by atoms with van der Waals surface area (Å²) in [6, 6.07) is 0. The first kappa shape index (κ1) is 37.1. The van der Waals surface area contributed by atoms with Crippen LogP contribution in [0.1, 0.15) is 103 Å². The largest absolute Gasteiger partial charge is 0.445 e. The molecule has 36 heavy (non-hydrogen) atoms. The molecule has 0 unspecified atom stereocenters. The van der Waals surface area contributed by atoms with Crippen LogP contribution in [0.2, 0.25) is 0 Å². The predicted octanol–water partition coefficient (Wildman–Crippen LogP) is 9.16. The van der Waals surface area contributed by atoms with E-state index < -0.39 is 38.0 Å². The highest BCUT2D eigenvalue weighted by atomic mass is 35.5. The average molecular weight is 655 g/mol. The van der Waals surface area contributed by atoms with Crippen molar-refractivity contribution >= 4 is 80.0 Å². The molecule has 6 atom stereocenters. The first-order chi connectivity index (χ1) is 16.9. The Balaban J connectivity index is 4.07. The van der Waals surface area contributed by atoms with Gasteiger partial charge in [0.05, 0.1) is 38.0 Å². The maximum atomic E-state index is 10.6. The molecule has 5 nitrogen and oxygen atoms in total. The zero-order valence-electron chi connectivity index (χ0n) is 20.9. The lowest BCUT2D eigenvalue weighted by molar-refractivity contribution is 0.157. The maximum Gasteiger partial charge on any atom is 0.445 e. The molecule has 2 N–H and O–H groups in total. The molecular formula is C24H42Cl6O5S. The molecule has 0 bridgehead atoms. The van der Waals surface area contributed by atoms with E-state index in [9.17, 15) is 13.5 Å². The van der Waals surface area contributed by atoms with Crippen LogP contribution in [-0.4, -0.2) is 51.1 Å². The van der Waals surface area contributed by atoms with Crippen LogP contribution in [0.5, 0.6) is 0 Å². The number of aliphatic hydroxyl groups is 1. The molecule has 0 aromatic heterocycles. The van der Waals surface area contributed by atoms with E-state index in [1.807, 2.05) is 0 Å². The second kappa shape index (κ2) is 21.9. The van der Waals surface area contributed by atoms with Crippen LogP contribution < -0.4 is 0 Å². The van der Waals surface area contributed by atoms with E-state index in [1.54, 1.807) is 0 Å². The number of hydrogen-bond acceptors (Lipinski definition) is 4. The number of hydrogen-bond donors (Lipinski definition) is 2. The highest BCUT2D eigenvalue weighted by Gasteiger charge is 2.36. The van der Waals surface area contributed by atoms with Gasteiger partial charge in [-0.05, 0) is 25.7 Å². The molecule has 0 fully saturated rings. The molecule has 216 valence electrons. The van der Waals surface area contributed by atoms with Crippen LogP contribution in [0, 0.1) is 0 Å². The highest BCUT2D eigenvalue weighted by molar-refractivity contribution is 7.81. The number of alkyl halides is 5. The van der Waals surface area contributed by atoms with E-state index in [0.29, 0.717) is 12.8 Å². The van der Waals surface area contributed by atoms with Crippen LogP contribution in [0.15, 0.2) is 11.3 Å². The Bertz CT molecular complexity index is 682. The summed E-state index contributed by atoms with van der Waals surface area (Å²) in [6.07, 6.45) is 14.1. The minimum absolute atomic E-state index is 0.227. The van der Waals surface area contributed by atoms with Gasteiger partial charge in [0, 0.05) is 0 Å². The van der Waals surface area contributed by atoms with E-state index in [4.69, 9.17) is 74.2 Å². The monoisotopic (exact) mass is 652 g/mol. The van der Waals surface area contributed by atoms with Crippen LogP contribution in [-0.2, 0) is 14.6 Å². The van der Waals surface area contributed by atoms with Gasteiger partial charge in [0.1, 0.15) is 6.26 Å². The summed E-state index contributed by atoms with van der Waals surface area (Å²) in [7, 11) is -4.52. The zero-order valence-corrected chi connectivity index (χ0v) is 26.3. The fraction of sp³-hybridized carbons (Fsp3) is 0.917. The Morgan fingerprint density at radius 1 is 0.750 bits per heavy atom. The van der Waals surface area contributed by atoms with Crippen molar-refractivity contribution < 1.29 is 22.3 Å². The third-order valence-electron chi connectivity index (χ3n) is 5.92. The van der Waals surface area contributed by atoms with E-state index in [1.165, 1.54) is 25.7 Å². The Morgan fingerprint density at radius 2 is 1.19 bits per heavy atom. The molecule has 0 spiro atoms. The van der Waals surface area contributed by atoms with Gasteiger partial charge in [-0.2, -0.15) is 8.42 Å². The molecule has 0 saturated carbocycles. The molecule has 0 aromatic carbocycles. The summed E-state index contributed by atoms with van der Waals surface area (Å²) in [5, 5.41) is 7.91. The summed E-state index contributed by atoms with van der Waals surface area (Å²) >= 11 is 38.0. The van der Waals surface area contributed by atoms with Crippen molar-refractivity contribution in [2.24, 2.45) is 0 Å². The molecular weight excluding hydrogens is 613 g/mol. The van der Waals surface area contributed by atoms with Crippen molar-refractivity contribution in [3.63, 3.8) is 0 Å². The highest BCUT2D eigenvalue weighted by Crippen LogP contribution is 2.30. The number of unbranched alkanes of at least 4 members (excludes halogenated alkanes) is 10. The summed E-state index contributed by atoms with van der Waals surface area (Å²) in [4.78, 5) is 0. The van der Waals surface area contributed by atoms with Crippen molar-refractivity contribution in [3.05, 3.63) is 11.3 Å². The van der Waals surface area contributed by atoms with Crippen molar-refractivity contribution in [3.8, 4) is 0 Å². The normalized spacial score (nSPS) is 17.9. The minimum atomic E-state index is -4.52. The van der Waals surface area contributed by atoms with Crippen molar-refractivity contribution in [2.45, 2.75) is 136 Å². The van der Waals surface area contributed by atoms with Gasteiger partial charge in [-0.1, -0.05) is 89.2 Å². The van der Waals surface area contributed by atoms with Gasteiger partial charge in [-0.15, -0.1) is 58.0 Å². The molecule has 0 rings (SSSR count). The number of aliphatic hydroxyl groups excluding tert-OH is 1. The third kappa shape index (κ3) is 19.2. The van der Waals surface area contributed by atoms with Crippen molar-refractivity contribution in [2.75, 3.05) is 0 Å². The summed E-state index contributed by atoms with van der Waals surface area (Å²) in [6.45, 7) is 2.19. The molecule has 0 radical (unpaired) electrons. The second-order valence-electron chi connectivity index (χ2n) is 9.16. The lowest BCUT2D eigenvalue weighted by Crippen LogP contribution is -2.43. The second-order valence-corrected chi connectivity index (χ2v) is 13.3. The predicted molar refractivity (Wildman–Crippen MR) is 156 cm³/mol. The quantitative estimate of drug-likeness (QED) is 0.0497. The smallest absolute Gasteiger partial charge is 0.390 e. The molecule has 0 aromatic rings. The van der Waals surface area contributed by atoms with E-state index in [0.717, 1.165) is 64.0 Å². The van der Waals surface area contributed by atoms with Gasteiger partial charge in [0.25, 0.3) is 0 Å². The molecule has 0 aliphatic rings. The summed E-state index contributed by atoms with van der Waals surface area (Å²) in [5.74, 6) is 0. The van der Waals surface area contributed by atoms with Gasteiger partial charge >= 0.3 is 10.4 Å². The van der Waals surface area contributed by atoms with Crippen molar-refractivity contribution in [1.82, 2.24) is 0 Å². The Kier molecular flexibility index (Phi) is 22.6. The van der Waals surface area contributed by atoms with Gasteiger partial charge < -0.3 is 9.29 Å². The maximum absolute atomic E-state index is 10.6. The molecule has 0 amide bonds. The van der Waals surface area contributed by atoms with Gasteiger partial charge in [0.15, 0.2) is 0 Å². The number of halogens is 6. The number of rotatable bonds is 23. The number of allylic oxidation sites excluding steroid dienone is 1.